The van der Waals surface area contributed by atoms with E-state index in [4.69, 9.17) is 5.73 Å². The van der Waals surface area contributed by atoms with E-state index in [0.717, 1.165) is 11.6 Å². The van der Waals surface area contributed by atoms with Crippen LogP contribution in [0.3, 0.4) is 0 Å². The van der Waals surface area contributed by atoms with Crippen molar-refractivity contribution in [2.45, 2.75) is 32.6 Å². The van der Waals surface area contributed by atoms with Gasteiger partial charge in [-0.2, -0.15) is 0 Å². The van der Waals surface area contributed by atoms with E-state index >= 15 is 0 Å². The van der Waals surface area contributed by atoms with Crippen LogP contribution in [0, 0.1) is 5.92 Å². The lowest BCUT2D eigenvalue weighted by Gasteiger charge is -2.08. The Bertz CT molecular complexity index is 304. The minimum atomic E-state index is 0.838. The smallest absolute Gasteiger partial charge is 0.0316 e. The van der Waals surface area contributed by atoms with Crippen molar-refractivity contribution in [3.63, 3.8) is 0 Å². The maximum absolute atomic E-state index is 5.77. The van der Waals surface area contributed by atoms with Crippen LogP contribution < -0.4 is 5.73 Å². The first kappa shape index (κ1) is 8.61. The van der Waals surface area contributed by atoms with Gasteiger partial charge in [0.05, 0.1) is 0 Å². The number of rotatable bonds is 0. The van der Waals surface area contributed by atoms with Gasteiger partial charge in [-0.3, -0.25) is 0 Å². The predicted octanol–water partition coefficient (Wildman–Crippen LogP) is 2.78. The summed E-state index contributed by atoms with van der Waals surface area (Å²) < 4.78 is 0. The number of benzene rings is 1. The third-order valence-electron chi connectivity index (χ3n) is 2.94. The van der Waals surface area contributed by atoms with E-state index in [1.54, 1.807) is 0 Å². The Morgan fingerprint density at radius 3 is 3.00 bits per heavy atom. The lowest BCUT2D eigenvalue weighted by Crippen LogP contribution is -1.98. The molecule has 1 aliphatic rings. The first-order valence-electron chi connectivity index (χ1n) is 5.13. The van der Waals surface area contributed by atoms with Gasteiger partial charge >= 0.3 is 0 Å². The number of nitrogens with two attached hydrogens (primary N) is 1. The van der Waals surface area contributed by atoms with Crippen LogP contribution >= 0.6 is 0 Å². The van der Waals surface area contributed by atoms with E-state index in [2.05, 4.69) is 19.1 Å². The zero-order valence-electron chi connectivity index (χ0n) is 8.22. The molecule has 0 spiro atoms. The molecule has 0 fully saturated rings. The molecule has 2 rings (SSSR count). The van der Waals surface area contributed by atoms with Gasteiger partial charge in [0.15, 0.2) is 0 Å². The molecular weight excluding hydrogens is 158 g/mol. The van der Waals surface area contributed by atoms with Crippen molar-refractivity contribution in [3.8, 4) is 0 Å². The molecule has 1 aliphatic carbocycles. The van der Waals surface area contributed by atoms with Gasteiger partial charge in [0.2, 0.25) is 0 Å². The Morgan fingerprint density at radius 1 is 1.31 bits per heavy atom. The maximum Gasteiger partial charge on any atom is 0.0316 e. The minimum Gasteiger partial charge on any atom is -0.399 e. The average molecular weight is 175 g/mol. The molecule has 0 saturated carbocycles. The molecule has 0 saturated heterocycles. The topological polar surface area (TPSA) is 26.0 Å². The number of hydrogen-bond donors (Lipinski definition) is 1. The van der Waals surface area contributed by atoms with Gasteiger partial charge in [-0.1, -0.05) is 19.4 Å². The summed E-state index contributed by atoms with van der Waals surface area (Å²) in [6.07, 6.45) is 5.12. The van der Waals surface area contributed by atoms with Crippen LogP contribution in [-0.2, 0) is 12.8 Å². The third kappa shape index (κ3) is 1.85. The first-order chi connectivity index (χ1) is 6.25. The van der Waals surface area contributed by atoms with Gasteiger partial charge in [-0.05, 0) is 48.4 Å². The van der Waals surface area contributed by atoms with Crippen LogP contribution in [0.1, 0.15) is 30.9 Å². The van der Waals surface area contributed by atoms with Crippen molar-refractivity contribution in [2.75, 3.05) is 5.73 Å². The van der Waals surface area contributed by atoms with E-state index in [1.807, 2.05) is 6.07 Å². The number of aryl methyl sites for hydroxylation is 1. The molecule has 1 aromatic carbocycles. The molecular formula is C12H17N. The lowest BCUT2D eigenvalue weighted by molar-refractivity contribution is 0.526. The number of nitrogen functional groups attached to an aromatic ring is 1. The highest BCUT2D eigenvalue weighted by atomic mass is 14.5. The molecule has 1 aromatic rings. The highest BCUT2D eigenvalue weighted by molar-refractivity contribution is 5.45. The first-order valence-corrected chi connectivity index (χ1v) is 5.13. The second-order valence-electron chi connectivity index (χ2n) is 4.23. The fourth-order valence-electron chi connectivity index (χ4n) is 2.20. The van der Waals surface area contributed by atoms with Crippen LogP contribution in [0.4, 0.5) is 5.69 Å². The summed E-state index contributed by atoms with van der Waals surface area (Å²) in [5.41, 5.74) is 9.67. The van der Waals surface area contributed by atoms with Gasteiger partial charge in [0, 0.05) is 5.69 Å². The molecule has 0 amide bonds. The minimum absolute atomic E-state index is 0.838. The quantitative estimate of drug-likeness (QED) is 0.476. The van der Waals surface area contributed by atoms with E-state index in [1.165, 1.54) is 36.8 Å². The van der Waals surface area contributed by atoms with Crippen LogP contribution in [0.15, 0.2) is 18.2 Å². The predicted molar refractivity (Wildman–Crippen MR) is 56.7 cm³/mol. The Kier molecular flexibility index (Phi) is 2.26. The van der Waals surface area contributed by atoms with E-state index < -0.39 is 0 Å². The summed E-state index contributed by atoms with van der Waals surface area (Å²) in [5, 5.41) is 0. The molecule has 0 radical (unpaired) electrons. The molecule has 0 aliphatic heterocycles. The highest BCUT2D eigenvalue weighted by Crippen LogP contribution is 2.25. The van der Waals surface area contributed by atoms with Gasteiger partial charge in [-0.25, -0.2) is 0 Å². The summed E-state index contributed by atoms with van der Waals surface area (Å²) in [4.78, 5) is 0. The Balaban J connectivity index is 2.34. The molecule has 0 heterocycles. The normalized spacial score (nSPS) is 22.1. The second-order valence-corrected chi connectivity index (χ2v) is 4.23. The monoisotopic (exact) mass is 175 g/mol. The van der Waals surface area contributed by atoms with Gasteiger partial charge in [0.25, 0.3) is 0 Å². The van der Waals surface area contributed by atoms with Gasteiger partial charge < -0.3 is 5.73 Å². The molecule has 1 nitrogen and oxygen atoms in total. The Hall–Kier alpha value is -0.980. The van der Waals surface area contributed by atoms with Crippen molar-refractivity contribution in [1.29, 1.82) is 0 Å². The molecule has 2 N–H and O–H groups in total. The number of hydrogen-bond acceptors (Lipinski definition) is 1. The maximum atomic E-state index is 5.77. The second kappa shape index (κ2) is 3.41. The average Bonchev–Trinajstić information content (AvgIpc) is 2.25. The highest BCUT2D eigenvalue weighted by Gasteiger charge is 2.12. The summed E-state index contributed by atoms with van der Waals surface area (Å²) in [6, 6.07) is 6.37. The standard InChI is InChI=1S/C12H17N/c1-9-3-2-4-10-8-12(13)6-5-11(10)7-9/h5-6,8-9H,2-4,7,13H2,1H3. The van der Waals surface area contributed by atoms with E-state index in [9.17, 15) is 0 Å². The van der Waals surface area contributed by atoms with Gasteiger partial charge in [0.1, 0.15) is 0 Å². The summed E-state index contributed by atoms with van der Waals surface area (Å²) >= 11 is 0. The molecule has 0 aromatic heterocycles. The largest absolute Gasteiger partial charge is 0.399 e. The number of fused-ring (bicyclic) bond motifs is 1. The van der Waals surface area contributed by atoms with E-state index in [-0.39, 0.29) is 0 Å². The zero-order chi connectivity index (χ0) is 9.26. The number of anilines is 1. The molecule has 0 bridgehead atoms. The summed E-state index contributed by atoms with van der Waals surface area (Å²) in [5.74, 6) is 0.838. The third-order valence-corrected chi connectivity index (χ3v) is 2.94. The summed E-state index contributed by atoms with van der Waals surface area (Å²) in [7, 11) is 0. The molecule has 1 unspecified atom stereocenters. The molecule has 13 heavy (non-hydrogen) atoms. The SMILES string of the molecule is CC1CCCc2cc(N)ccc2C1. The van der Waals surface area contributed by atoms with E-state index in [0.29, 0.717) is 0 Å². The molecule has 1 heteroatoms. The lowest BCUT2D eigenvalue weighted by atomic mass is 9.98. The van der Waals surface area contributed by atoms with Crippen molar-refractivity contribution >= 4 is 5.69 Å². The fraction of sp³-hybridized carbons (Fsp3) is 0.500. The Labute approximate surface area is 80.0 Å². The van der Waals surface area contributed by atoms with Crippen molar-refractivity contribution < 1.29 is 0 Å². The Morgan fingerprint density at radius 2 is 2.15 bits per heavy atom. The van der Waals surface area contributed by atoms with Crippen LogP contribution in [-0.4, -0.2) is 0 Å². The van der Waals surface area contributed by atoms with Crippen LogP contribution in [0.5, 0.6) is 0 Å². The van der Waals surface area contributed by atoms with Crippen molar-refractivity contribution in [3.05, 3.63) is 29.3 Å². The van der Waals surface area contributed by atoms with Crippen LogP contribution in [0.25, 0.3) is 0 Å². The van der Waals surface area contributed by atoms with Crippen LogP contribution in [0.2, 0.25) is 0 Å². The van der Waals surface area contributed by atoms with Gasteiger partial charge in [-0.15, -0.1) is 0 Å². The molecule has 70 valence electrons. The van der Waals surface area contributed by atoms with Crippen molar-refractivity contribution in [1.82, 2.24) is 0 Å². The zero-order valence-corrected chi connectivity index (χ0v) is 8.22. The molecule has 1 atom stereocenters. The van der Waals surface area contributed by atoms with Crippen molar-refractivity contribution in [2.24, 2.45) is 5.92 Å². The summed E-state index contributed by atoms with van der Waals surface area (Å²) in [6.45, 7) is 2.34. The fourth-order valence-corrected chi connectivity index (χ4v) is 2.20.